The molecule has 0 bridgehead atoms. The van der Waals surface area contributed by atoms with Crippen molar-refractivity contribution in [2.45, 2.75) is 64.3 Å². The van der Waals surface area contributed by atoms with E-state index in [-0.39, 0.29) is 0 Å². The predicted octanol–water partition coefficient (Wildman–Crippen LogP) is 6.98. The van der Waals surface area contributed by atoms with Crippen LogP contribution in [0.3, 0.4) is 0 Å². The maximum atomic E-state index is 6.21. The van der Waals surface area contributed by atoms with Gasteiger partial charge in [0.25, 0.3) is 0 Å². The molecule has 0 aliphatic heterocycles. The minimum absolute atomic E-state index is 0.782. The average Bonchev–Trinajstić information content (AvgIpc) is 2.96. The van der Waals surface area contributed by atoms with E-state index in [9.17, 15) is 0 Å². The van der Waals surface area contributed by atoms with Crippen LogP contribution in [0.1, 0.15) is 57.8 Å². The largest absolute Gasteiger partial charge is 0.339 e. The van der Waals surface area contributed by atoms with Crippen LogP contribution in [-0.4, -0.2) is 9.55 Å². The van der Waals surface area contributed by atoms with Crippen molar-refractivity contribution in [2.75, 3.05) is 0 Å². The van der Waals surface area contributed by atoms with Gasteiger partial charge in [-0.1, -0.05) is 63.0 Å². The molecule has 1 aliphatic rings. The first-order chi connectivity index (χ1) is 12.3. The molecule has 2 nitrogen and oxygen atoms in total. The summed E-state index contributed by atoms with van der Waals surface area (Å²) in [6.07, 6.45) is 14.6. The van der Waals surface area contributed by atoms with Gasteiger partial charge in [-0.15, -0.1) is 0 Å². The summed E-state index contributed by atoms with van der Waals surface area (Å²) in [5.74, 6) is 1.01. The Bertz CT molecular complexity index is 846. The van der Waals surface area contributed by atoms with Gasteiger partial charge in [-0.2, -0.15) is 0 Å². The zero-order chi connectivity index (χ0) is 17.1. The molecule has 3 heteroatoms. The van der Waals surface area contributed by atoms with Crippen molar-refractivity contribution in [1.29, 1.82) is 0 Å². The number of fused-ring (bicyclic) bond motifs is 3. The Morgan fingerprint density at radius 2 is 1.88 bits per heavy atom. The van der Waals surface area contributed by atoms with Gasteiger partial charge in [-0.05, 0) is 42.7 Å². The smallest absolute Gasteiger partial charge is 0.0960 e. The van der Waals surface area contributed by atoms with E-state index < -0.39 is 0 Å². The maximum absolute atomic E-state index is 6.21. The summed E-state index contributed by atoms with van der Waals surface area (Å²) < 4.78 is 2.43. The third-order valence-corrected chi connectivity index (χ3v) is 6.04. The molecule has 1 saturated carbocycles. The molecular weight excluding hydrogens is 328 g/mol. The second-order valence-corrected chi connectivity index (χ2v) is 7.97. The van der Waals surface area contributed by atoms with Gasteiger partial charge in [0.05, 0.1) is 16.6 Å². The molecule has 0 amide bonds. The molecule has 2 heterocycles. The Kier molecular flexibility index (Phi) is 5.26. The Labute approximate surface area is 155 Å². The molecule has 0 N–H and O–H groups in total. The molecule has 25 heavy (non-hydrogen) atoms. The van der Waals surface area contributed by atoms with Crippen LogP contribution in [-0.2, 0) is 6.54 Å². The minimum Gasteiger partial charge on any atom is -0.339 e. The van der Waals surface area contributed by atoms with Crippen molar-refractivity contribution in [3.8, 4) is 0 Å². The van der Waals surface area contributed by atoms with Crippen LogP contribution in [0.15, 0.2) is 36.5 Å². The summed E-state index contributed by atoms with van der Waals surface area (Å²) in [7, 11) is 0. The van der Waals surface area contributed by atoms with E-state index in [4.69, 9.17) is 11.6 Å². The third kappa shape index (κ3) is 3.69. The Balaban J connectivity index is 1.43. The van der Waals surface area contributed by atoms with Crippen LogP contribution in [0.4, 0.5) is 0 Å². The lowest BCUT2D eigenvalue weighted by atomic mass is 9.85. The van der Waals surface area contributed by atoms with E-state index in [0.717, 1.165) is 23.0 Å². The molecule has 1 aliphatic carbocycles. The van der Waals surface area contributed by atoms with Crippen LogP contribution in [0.5, 0.6) is 0 Å². The number of pyridine rings is 1. The highest BCUT2D eigenvalue weighted by Crippen LogP contribution is 2.31. The monoisotopic (exact) mass is 354 g/mol. The predicted molar refractivity (Wildman–Crippen MR) is 107 cm³/mol. The molecule has 0 spiro atoms. The SMILES string of the molecule is Clc1ccc2c(c1)c1ncccc1n2CCCCCC1CCCCC1. The lowest BCUT2D eigenvalue weighted by Gasteiger charge is -2.21. The van der Waals surface area contributed by atoms with E-state index in [1.54, 1.807) is 0 Å². The van der Waals surface area contributed by atoms with Gasteiger partial charge in [0.15, 0.2) is 0 Å². The summed E-state index contributed by atoms with van der Waals surface area (Å²) in [6.45, 7) is 1.07. The van der Waals surface area contributed by atoms with Crippen LogP contribution in [0, 0.1) is 5.92 Å². The first-order valence-corrected chi connectivity index (χ1v) is 10.2. The van der Waals surface area contributed by atoms with E-state index in [2.05, 4.69) is 21.7 Å². The number of hydrogen-bond acceptors (Lipinski definition) is 1. The lowest BCUT2D eigenvalue weighted by Crippen LogP contribution is -2.06. The highest BCUT2D eigenvalue weighted by Gasteiger charge is 2.13. The molecule has 0 unspecified atom stereocenters. The average molecular weight is 355 g/mol. The van der Waals surface area contributed by atoms with Gasteiger partial charge < -0.3 is 4.57 Å². The van der Waals surface area contributed by atoms with Crippen molar-refractivity contribution < 1.29 is 0 Å². The number of rotatable bonds is 6. The van der Waals surface area contributed by atoms with Crippen LogP contribution >= 0.6 is 11.6 Å². The standard InChI is InChI=1S/C22H27ClN2/c23-18-12-13-20-19(16-18)22-21(11-7-14-24-22)25(20)15-6-2-5-10-17-8-3-1-4-9-17/h7,11-14,16-17H,1-6,8-10,15H2. The van der Waals surface area contributed by atoms with E-state index in [1.807, 2.05) is 24.4 Å². The van der Waals surface area contributed by atoms with Crippen molar-refractivity contribution in [1.82, 2.24) is 9.55 Å². The van der Waals surface area contributed by atoms with E-state index >= 15 is 0 Å². The summed E-state index contributed by atoms with van der Waals surface area (Å²) in [5.41, 5.74) is 3.56. The van der Waals surface area contributed by atoms with Crippen molar-refractivity contribution in [2.24, 2.45) is 5.92 Å². The fourth-order valence-corrected chi connectivity index (χ4v) is 4.65. The molecule has 132 valence electrons. The Morgan fingerprint density at radius 3 is 2.76 bits per heavy atom. The Hall–Kier alpha value is -1.54. The molecule has 1 aromatic carbocycles. The van der Waals surface area contributed by atoms with Crippen LogP contribution in [0.2, 0.25) is 5.02 Å². The van der Waals surface area contributed by atoms with Gasteiger partial charge in [-0.25, -0.2) is 0 Å². The van der Waals surface area contributed by atoms with Crippen molar-refractivity contribution in [3.05, 3.63) is 41.6 Å². The first kappa shape index (κ1) is 16.9. The van der Waals surface area contributed by atoms with Gasteiger partial charge in [0.2, 0.25) is 0 Å². The zero-order valence-electron chi connectivity index (χ0n) is 14.9. The number of halogens is 1. The molecule has 2 aromatic heterocycles. The second kappa shape index (κ2) is 7.78. The van der Waals surface area contributed by atoms with Crippen LogP contribution < -0.4 is 0 Å². The van der Waals surface area contributed by atoms with E-state index in [0.29, 0.717) is 0 Å². The van der Waals surface area contributed by atoms with Crippen molar-refractivity contribution >= 4 is 33.5 Å². The van der Waals surface area contributed by atoms with Crippen molar-refractivity contribution in [3.63, 3.8) is 0 Å². The molecular formula is C22H27ClN2. The summed E-state index contributed by atoms with van der Waals surface area (Å²) >= 11 is 6.21. The topological polar surface area (TPSA) is 17.8 Å². The maximum Gasteiger partial charge on any atom is 0.0960 e. The van der Waals surface area contributed by atoms with E-state index in [1.165, 1.54) is 74.2 Å². The molecule has 4 rings (SSSR count). The minimum atomic E-state index is 0.782. The van der Waals surface area contributed by atoms with Gasteiger partial charge in [0.1, 0.15) is 0 Å². The first-order valence-electron chi connectivity index (χ1n) is 9.85. The number of unbranched alkanes of at least 4 members (excludes halogenated alkanes) is 2. The molecule has 0 saturated heterocycles. The Morgan fingerprint density at radius 1 is 1.00 bits per heavy atom. The fourth-order valence-electron chi connectivity index (χ4n) is 4.48. The summed E-state index contributed by atoms with van der Waals surface area (Å²) in [6, 6.07) is 10.4. The second-order valence-electron chi connectivity index (χ2n) is 7.54. The number of hydrogen-bond donors (Lipinski definition) is 0. The molecule has 0 radical (unpaired) electrons. The fraction of sp³-hybridized carbons (Fsp3) is 0.500. The normalized spacial score (nSPS) is 16.0. The summed E-state index contributed by atoms with van der Waals surface area (Å²) in [4.78, 5) is 4.60. The number of aromatic nitrogens is 2. The van der Waals surface area contributed by atoms with Gasteiger partial charge in [-0.3, -0.25) is 4.98 Å². The van der Waals surface area contributed by atoms with Crippen LogP contribution in [0.25, 0.3) is 21.9 Å². The van der Waals surface area contributed by atoms with Gasteiger partial charge in [0, 0.05) is 23.2 Å². The molecule has 1 fully saturated rings. The zero-order valence-corrected chi connectivity index (χ0v) is 15.6. The highest BCUT2D eigenvalue weighted by molar-refractivity contribution is 6.31. The lowest BCUT2D eigenvalue weighted by molar-refractivity contribution is 0.327. The highest BCUT2D eigenvalue weighted by atomic mass is 35.5. The molecule has 3 aromatic rings. The summed E-state index contributed by atoms with van der Waals surface area (Å²) in [5, 5.41) is 1.95. The van der Waals surface area contributed by atoms with Gasteiger partial charge >= 0.3 is 0 Å². The quantitative estimate of drug-likeness (QED) is 0.436. The number of benzene rings is 1. The molecule has 0 atom stereocenters. The third-order valence-electron chi connectivity index (χ3n) is 5.80. The number of nitrogens with zero attached hydrogens (tertiary/aromatic N) is 2. The number of aryl methyl sites for hydroxylation is 1.